The highest BCUT2D eigenvalue weighted by molar-refractivity contribution is 7.94. The van der Waals surface area contributed by atoms with Crippen molar-refractivity contribution in [1.82, 2.24) is 14.8 Å². The average Bonchev–Trinajstić information content (AvgIpc) is 3.08. The van der Waals surface area contributed by atoms with Crippen LogP contribution in [0.3, 0.4) is 0 Å². The lowest BCUT2D eigenvalue weighted by Crippen LogP contribution is -2.45. The van der Waals surface area contributed by atoms with E-state index in [0.29, 0.717) is 4.57 Å². The van der Waals surface area contributed by atoms with E-state index in [1.54, 1.807) is 0 Å². The van der Waals surface area contributed by atoms with E-state index in [-0.39, 0.29) is 17.0 Å². The number of carbonyl (C=O) groups is 1. The highest BCUT2D eigenvalue weighted by atomic mass is 32.2. The van der Waals surface area contributed by atoms with E-state index in [9.17, 15) is 39.6 Å². The molecule has 0 spiro atoms. The standard InChI is InChI=1S/C17H17F6N5O5S/c1-5-13(29)28(34(30,31)17(21,22)23)12-7-6-10(8-11(12)9(2)26-32-4)33-15-25-24-14(27(15)3)16(18,19)20/h6-8H,5H2,1-4H3. The van der Waals surface area contributed by atoms with Gasteiger partial charge in [-0.1, -0.05) is 17.2 Å². The van der Waals surface area contributed by atoms with E-state index in [0.717, 1.165) is 39.3 Å². The third-order valence-electron chi connectivity index (χ3n) is 4.16. The normalized spacial score (nSPS) is 13.1. The number of ether oxygens (including phenoxy) is 1. The van der Waals surface area contributed by atoms with Crippen molar-refractivity contribution in [1.29, 1.82) is 0 Å². The molecule has 17 heteroatoms. The number of benzene rings is 1. The quantitative estimate of drug-likeness (QED) is 0.313. The van der Waals surface area contributed by atoms with Crippen molar-refractivity contribution in [2.75, 3.05) is 11.4 Å². The van der Waals surface area contributed by atoms with Gasteiger partial charge in [-0.25, -0.2) is 0 Å². The number of alkyl halides is 6. The molecule has 0 radical (unpaired) electrons. The molecular formula is C17H17F6N5O5S. The van der Waals surface area contributed by atoms with Gasteiger partial charge < -0.3 is 9.57 Å². The van der Waals surface area contributed by atoms with Crippen LogP contribution in [0.1, 0.15) is 31.7 Å². The summed E-state index contributed by atoms with van der Waals surface area (Å²) in [5.41, 5.74) is -7.08. The highest BCUT2D eigenvalue weighted by Crippen LogP contribution is 2.36. The van der Waals surface area contributed by atoms with Crippen molar-refractivity contribution in [2.24, 2.45) is 12.2 Å². The fourth-order valence-corrected chi connectivity index (χ4v) is 3.66. The maximum atomic E-state index is 13.3. The summed E-state index contributed by atoms with van der Waals surface area (Å²) in [6.45, 7) is 2.38. The van der Waals surface area contributed by atoms with Gasteiger partial charge in [-0.15, -0.1) is 5.10 Å². The molecule has 0 unspecified atom stereocenters. The molecule has 0 saturated heterocycles. The molecule has 0 aliphatic heterocycles. The monoisotopic (exact) mass is 517 g/mol. The first-order chi connectivity index (χ1) is 15.6. The number of oxime groups is 1. The van der Waals surface area contributed by atoms with Gasteiger partial charge in [0.2, 0.25) is 11.7 Å². The van der Waals surface area contributed by atoms with Gasteiger partial charge in [0.1, 0.15) is 12.9 Å². The molecule has 0 bridgehead atoms. The van der Waals surface area contributed by atoms with Crippen LogP contribution in [-0.2, 0) is 32.9 Å². The third kappa shape index (κ3) is 5.23. The minimum absolute atomic E-state index is 0.178. The van der Waals surface area contributed by atoms with Crippen LogP contribution in [0.4, 0.5) is 32.0 Å². The molecular weight excluding hydrogens is 500 g/mol. The predicted octanol–water partition coefficient (Wildman–Crippen LogP) is 3.59. The van der Waals surface area contributed by atoms with Crippen LogP contribution < -0.4 is 9.04 Å². The van der Waals surface area contributed by atoms with E-state index in [2.05, 4.69) is 20.2 Å². The molecule has 0 aliphatic carbocycles. The van der Waals surface area contributed by atoms with E-state index >= 15 is 0 Å². The topological polar surface area (TPSA) is 116 Å². The number of amides is 1. The van der Waals surface area contributed by atoms with E-state index in [1.165, 1.54) is 6.92 Å². The van der Waals surface area contributed by atoms with Crippen molar-refractivity contribution in [2.45, 2.75) is 32.0 Å². The Balaban J connectivity index is 2.69. The Kier molecular flexibility index (Phi) is 7.49. The van der Waals surface area contributed by atoms with Gasteiger partial charge in [-0.2, -0.15) is 39.1 Å². The van der Waals surface area contributed by atoms with Crippen molar-refractivity contribution < 1.29 is 49.1 Å². The molecule has 1 heterocycles. The summed E-state index contributed by atoms with van der Waals surface area (Å²) in [5, 5.41) is 9.77. The smallest absolute Gasteiger partial charge is 0.424 e. The minimum Gasteiger partial charge on any atom is -0.424 e. The van der Waals surface area contributed by atoms with Crippen LogP contribution >= 0.6 is 0 Å². The molecule has 1 aromatic heterocycles. The largest absolute Gasteiger partial charge is 0.517 e. The van der Waals surface area contributed by atoms with Gasteiger partial charge in [0, 0.05) is 19.0 Å². The number of hydrogen-bond donors (Lipinski definition) is 0. The second-order valence-electron chi connectivity index (χ2n) is 6.47. The number of hydrogen-bond acceptors (Lipinski definition) is 8. The molecule has 2 aromatic rings. The molecule has 1 aromatic carbocycles. The fourth-order valence-electron chi connectivity index (χ4n) is 2.63. The minimum atomic E-state index is -6.17. The first kappa shape index (κ1) is 26.9. The van der Waals surface area contributed by atoms with Crippen LogP contribution in [0, 0.1) is 0 Å². The molecule has 1 amide bonds. The number of carbonyl (C=O) groups excluding carboxylic acids is 1. The molecule has 34 heavy (non-hydrogen) atoms. The first-order valence-electron chi connectivity index (χ1n) is 9.07. The Morgan fingerprint density at radius 1 is 1.18 bits per heavy atom. The lowest BCUT2D eigenvalue weighted by atomic mass is 10.1. The van der Waals surface area contributed by atoms with Gasteiger partial charge in [0.05, 0.1) is 11.4 Å². The maximum absolute atomic E-state index is 13.3. The summed E-state index contributed by atoms with van der Waals surface area (Å²) in [6, 6.07) is 2.06. The van der Waals surface area contributed by atoms with Crippen LogP contribution in [-0.4, -0.2) is 47.4 Å². The molecule has 0 N–H and O–H groups in total. The van der Waals surface area contributed by atoms with Gasteiger partial charge in [-0.3, -0.25) is 9.36 Å². The van der Waals surface area contributed by atoms with Gasteiger partial charge in [-0.05, 0) is 25.1 Å². The highest BCUT2D eigenvalue weighted by Gasteiger charge is 2.52. The van der Waals surface area contributed by atoms with Crippen LogP contribution in [0.5, 0.6) is 11.8 Å². The average molecular weight is 517 g/mol. The summed E-state index contributed by atoms with van der Waals surface area (Å²) in [6.07, 6.45) is -5.44. The van der Waals surface area contributed by atoms with Gasteiger partial charge >= 0.3 is 27.7 Å². The second kappa shape index (κ2) is 9.47. The van der Waals surface area contributed by atoms with Crippen LogP contribution in [0.15, 0.2) is 23.4 Å². The molecule has 0 saturated carbocycles. The van der Waals surface area contributed by atoms with E-state index in [4.69, 9.17) is 4.74 Å². The van der Waals surface area contributed by atoms with Crippen molar-refractivity contribution in [3.05, 3.63) is 29.6 Å². The summed E-state index contributed by atoms with van der Waals surface area (Å²) in [7, 11) is -4.11. The number of sulfonamides is 1. The number of nitrogens with zero attached hydrogens (tertiary/aromatic N) is 5. The fraction of sp³-hybridized carbons (Fsp3) is 0.412. The Morgan fingerprint density at radius 3 is 2.26 bits per heavy atom. The summed E-state index contributed by atoms with van der Waals surface area (Å²) < 4.78 is 108. The summed E-state index contributed by atoms with van der Waals surface area (Å²) in [5.74, 6) is -3.06. The van der Waals surface area contributed by atoms with E-state index in [1.807, 2.05) is 0 Å². The van der Waals surface area contributed by atoms with Crippen molar-refractivity contribution in [3.63, 3.8) is 0 Å². The summed E-state index contributed by atoms with van der Waals surface area (Å²) >= 11 is 0. The lowest BCUT2D eigenvalue weighted by Gasteiger charge is -2.25. The molecule has 2 rings (SSSR count). The first-order valence-corrected chi connectivity index (χ1v) is 10.5. The third-order valence-corrected chi connectivity index (χ3v) is 5.63. The maximum Gasteiger partial charge on any atom is 0.517 e. The molecule has 10 nitrogen and oxygen atoms in total. The number of aromatic nitrogens is 3. The lowest BCUT2D eigenvalue weighted by molar-refractivity contribution is -0.147. The van der Waals surface area contributed by atoms with Crippen LogP contribution in [0.25, 0.3) is 0 Å². The summed E-state index contributed by atoms with van der Waals surface area (Å²) in [4.78, 5) is 16.8. The molecule has 0 atom stereocenters. The molecule has 0 aliphatic rings. The SMILES string of the molecule is CCC(=O)N(c1ccc(Oc2nnc(C(F)(F)F)n2C)cc1C(C)=NOC)S(=O)(=O)C(F)(F)F. The predicted molar refractivity (Wildman–Crippen MR) is 104 cm³/mol. The van der Waals surface area contributed by atoms with Crippen molar-refractivity contribution >= 4 is 27.3 Å². The number of halogens is 6. The number of anilines is 1. The Morgan fingerprint density at radius 2 is 1.79 bits per heavy atom. The Hall–Kier alpha value is -3.37. The Labute approximate surface area is 188 Å². The zero-order valence-corrected chi connectivity index (χ0v) is 18.7. The number of rotatable bonds is 7. The molecule has 0 fully saturated rings. The van der Waals surface area contributed by atoms with Gasteiger partial charge in [0.15, 0.2) is 0 Å². The molecule has 188 valence electrons. The zero-order chi connectivity index (χ0) is 26.1. The Bertz CT molecular complexity index is 1210. The zero-order valence-electron chi connectivity index (χ0n) is 17.9. The van der Waals surface area contributed by atoms with E-state index < -0.39 is 55.9 Å². The van der Waals surface area contributed by atoms with Crippen LogP contribution in [0.2, 0.25) is 0 Å². The second-order valence-corrected chi connectivity index (χ2v) is 8.24. The van der Waals surface area contributed by atoms with Gasteiger partial charge in [0.25, 0.3) is 0 Å². The van der Waals surface area contributed by atoms with Crippen molar-refractivity contribution in [3.8, 4) is 11.8 Å².